The van der Waals surface area contributed by atoms with Crippen LogP contribution in [-0.2, 0) is 10.5 Å². The van der Waals surface area contributed by atoms with Crippen LogP contribution in [0.25, 0.3) is 17.1 Å². The van der Waals surface area contributed by atoms with Crippen LogP contribution in [0.1, 0.15) is 28.0 Å². The van der Waals surface area contributed by atoms with E-state index in [4.69, 9.17) is 4.74 Å². The first-order chi connectivity index (χ1) is 15.1. The number of esters is 1. The van der Waals surface area contributed by atoms with Crippen molar-refractivity contribution >= 4 is 29.1 Å². The van der Waals surface area contributed by atoms with Crippen LogP contribution in [0.4, 0.5) is 4.39 Å². The number of aryl methyl sites for hydroxylation is 1. The zero-order valence-electron chi connectivity index (χ0n) is 16.9. The van der Waals surface area contributed by atoms with Gasteiger partial charge in [0.2, 0.25) is 0 Å². The van der Waals surface area contributed by atoms with Crippen molar-refractivity contribution in [2.75, 3.05) is 6.61 Å². The highest BCUT2D eigenvalue weighted by molar-refractivity contribution is 7.98. The second kappa shape index (κ2) is 9.40. The van der Waals surface area contributed by atoms with Gasteiger partial charge in [-0.05, 0) is 38.1 Å². The number of carbonyl (C=O) groups is 1. The van der Waals surface area contributed by atoms with Crippen LogP contribution in [0.5, 0.6) is 0 Å². The first-order valence-electron chi connectivity index (χ1n) is 9.58. The van der Waals surface area contributed by atoms with Gasteiger partial charge in [0.05, 0.1) is 17.9 Å². The molecule has 4 aromatic rings. The molecule has 2 aromatic heterocycles. The molecule has 0 spiro atoms. The lowest BCUT2D eigenvalue weighted by Crippen LogP contribution is -2.05. The molecule has 0 bridgehead atoms. The normalized spacial score (nSPS) is 10.9. The zero-order chi connectivity index (χ0) is 21.8. The molecule has 31 heavy (non-hydrogen) atoms. The molecule has 0 unspecified atom stereocenters. The van der Waals surface area contributed by atoms with Crippen LogP contribution in [0, 0.1) is 12.7 Å². The van der Waals surface area contributed by atoms with Gasteiger partial charge in [0.1, 0.15) is 10.8 Å². The van der Waals surface area contributed by atoms with Crippen LogP contribution in [0.15, 0.2) is 59.1 Å². The minimum Gasteiger partial charge on any atom is -0.461 e. The van der Waals surface area contributed by atoms with Gasteiger partial charge in [-0.1, -0.05) is 41.6 Å². The number of thiazole rings is 1. The predicted molar refractivity (Wildman–Crippen MR) is 119 cm³/mol. The second-order valence-electron chi connectivity index (χ2n) is 6.59. The second-order valence-corrected chi connectivity index (χ2v) is 8.48. The predicted octanol–water partition coefficient (Wildman–Crippen LogP) is 5.31. The average molecular weight is 455 g/mol. The Kier molecular flexibility index (Phi) is 6.43. The van der Waals surface area contributed by atoms with Crippen molar-refractivity contribution < 1.29 is 13.9 Å². The lowest BCUT2D eigenvalue weighted by molar-refractivity contribution is 0.0520. The average Bonchev–Trinajstić information content (AvgIpc) is 3.41. The van der Waals surface area contributed by atoms with E-state index in [-0.39, 0.29) is 5.82 Å². The SMILES string of the molecule is CCOC(=O)c1csc(CSc2nnc(-c3ccccc3F)n2-c2ccc(C)cc2)n1. The Hall–Kier alpha value is -3.04. The van der Waals surface area contributed by atoms with Crippen LogP contribution in [0.2, 0.25) is 0 Å². The Labute approximate surface area is 187 Å². The molecule has 2 heterocycles. The highest BCUT2D eigenvalue weighted by Gasteiger charge is 2.19. The highest BCUT2D eigenvalue weighted by Crippen LogP contribution is 2.31. The molecular weight excluding hydrogens is 435 g/mol. The topological polar surface area (TPSA) is 69.9 Å². The molecule has 0 radical (unpaired) electrons. The molecule has 0 aliphatic rings. The lowest BCUT2D eigenvalue weighted by Gasteiger charge is -2.11. The molecular formula is C22H19FN4O2S2. The highest BCUT2D eigenvalue weighted by atomic mass is 32.2. The molecule has 9 heteroatoms. The van der Waals surface area contributed by atoms with Gasteiger partial charge in [0.15, 0.2) is 16.7 Å². The molecule has 0 aliphatic heterocycles. The quantitative estimate of drug-likeness (QED) is 0.279. The van der Waals surface area contributed by atoms with E-state index < -0.39 is 5.97 Å². The van der Waals surface area contributed by atoms with E-state index in [9.17, 15) is 9.18 Å². The van der Waals surface area contributed by atoms with Gasteiger partial charge >= 0.3 is 5.97 Å². The van der Waals surface area contributed by atoms with E-state index in [1.807, 2.05) is 35.8 Å². The fourth-order valence-corrected chi connectivity index (χ4v) is 4.64. The third-order valence-corrected chi connectivity index (χ3v) is 6.37. The van der Waals surface area contributed by atoms with Crippen molar-refractivity contribution in [2.45, 2.75) is 24.8 Å². The molecule has 6 nitrogen and oxygen atoms in total. The molecule has 0 N–H and O–H groups in total. The summed E-state index contributed by atoms with van der Waals surface area (Å²) in [6, 6.07) is 14.4. The maximum Gasteiger partial charge on any atom is 0.357 e. The summed E-state index contributed by atoms with van der Waals surface area (Å²) in [5.74, 6) is 0.125. The Balaban J connectivity index is 1.66. The van der Waals surface area contributed by atoms with Gasteiger partial charge in [0, 0.05) is 11.1 Å². The first-order valence-corrected chi connectivity index (χ1v) is 11.4. The summed E-state index contributed by atoms with van der Waals surface area (Å²) < 4.78 is 21.3. The van der Waals surface area contributed by atoms with Crippen molar-refractivity contribution in [1.29, 1.82) is 0 Å². The van der Waals surface area contributed by atoms with Crippen molar-refractivity contribution in [3.63, 3.8) is 0 Å². The lowest BCUT2D eigenvalue weighted by atomic mass is 10.2. The number of carbonyl (C=O) groups excluding carboxylic acids is 1. The third-order valence-electron chi connectivity index (χ3n) is 4.40. The van der Waals surface area contributed by atoms with Crippen LogP contribution < -0.4 is 0 Å². The van der Waals surface area contributed by atoms with E-state index in [1.165, 1.54) is 29.2 Å². The molecule has 0 saturated carbocycles. The summed E-state index contributed by atoms with van der Waals surface area (Å²) >= 11 is 2.80. The Morgan fingerprint density at radius 3 is 2.68 bits per heavy atom. The summed E-state index contributed by atoms with van der Waals surface area (Å²) in [5, 5.41) is 11.6. The monoisotopic (exact) mass is 454 g/mol. The first kappa shape index (κ1) is 21.2. The van der Waals surface area contributed by atoms with Crippen molar-refractivity contribution in [3.05, 3.63) is 76.0 Å². The van der Waals surface area contributed by atoms with Crippen LogP contribution in [-0.4, -0.2) is 32.3 Å². The molecule has 158 valence electrons. The molecule has 0 aliphatic carbocycles. The maximum absolute atomic E-state index is 14.5. The molecule has 0 atom stereocenters. The minimum absolute atomic E-state index is 0.300. The molecule has 2 aromatic carbocycles. The van der Waals surface area contributed by atoms with Gasteiger partial charge < -0.3 is 4.74 Å². The number of nitrogens with zero attached hydrogens (tertiary/aromatic N) is 4. The number of hydrogen-bond donors (Lipinski definition) is 0. The van der Waals surface area contributed by atoms with Crippen LogP contribution >= 0.6 is 23.1 Å². The van der Waals surface area contributed by atoms with Gasteiger partial charge in [-0.3, -0.25) is 4.57 Å². The fourth-order valence-electron chi connectivity index (χ4n) is 2.91. The number of thioether (sulfide) groups is 1. The number of rotatable bonds is 7. The Morgan fingerprint density at radius 1 is 1.16 bits per heavy atom. The summed E-state index contributed by atoms with van der Waals surface area (Å²) in [6.07, 6.45) is 0. The van der Waals surface area contributed by atoms with Crippen molar-refractivity contribution in [2.24, 2.45) is 0 Å². The maximum atomic E-state index is 14.5. The smallest absolute Gasteiger partial charge is 0.357 e. The van der Waals surface area contributed by atoms with Crippen molar-refractivity contribution in [1.82, 2.24) is 19.7 Å². The largest absolute Gasteiger partial charge is 0.461 e. The zero-order valence-corrected chi connectivity index (χ0v) is 18.5. The number of benzene rings is 2. The van der Waals surface area contributed by atoms with Gasteiger partial charge in [-0.25, -0.2) is 14.2 Å². The van der Waals surface area contributed by atoms with Gasteiger partial charge in [0.25, 0.3) is 0 Å². The summed E-state index contributed by atoms with van der Waals surface area (Å²) in [5.41, 5.74) is 2.63. The van der Waals surface area contributed by atoms with E-state index in [1.54, 1.807) is 30.5 Å². The van der Waals surface area contributed by atoms with Crippen molar-refractivity contribution in [3.8, 4) is 17.1 Å². The number of aromatic nitrogens is 4. The van der Waals surface area contributed by atoms with Gasteiger partial charge in [-0.15, -0.1) is 21.5 Å². The van der Waals surface area contributed by atoms with E-state index in [0.29, 0.717) is 34.6 Å². The summed E-state index contributed by atoms with van der Waals surface area (Å²) in [7, 11) is 0. The van der Waals surface area contributed by atoms with E-state index in [0.717, 1.165) is 16.3 Å². The minimum atomic E-state index is -0.431. The summed E-state index contributed by atoms with van der Waals surface area (Å²) in [4.78, 5) is 16.2. The molecule has 0 amide bonds. The molecule has 0 fully saturated rings. The Morgan fingerprint density at radius 2 is 1.94 bits per heavy atom. The molecule has 4 rings (SSSR count). The van der Waals surface area contributed by atoms with E-state index in [2.05, 4.69) is 15.2 Å². The molecule has 0 saturated heterocycles. The third kappa shape index (κ3) is 4.67. The fraction of sp³-hybridized carbons (Fsp3) is 0.182. The van der Waals surface area contributed by atoms with Crippen LogP contribution in [0.3, 0.4) is 0 Å². The number of ether oxygens (including phenoxy) is 1. The van der Waals surface area contributed by atoms with Gasteiger partial charge in [-0.2, -0.15) is 0 Å². The number of halogens is 1. The number of hydrogen-bond acceptors (Lipinski definition) is 7. The Bertz CT molecular complexity index is 1200. The standard InChI is InChI=1S/C22H19FN4O2S2/c1-3-29-21(28)18-12-30-19(24-18)13-31-22-26-25-20(16-6-4-5-7-17(16)23)27(22)15-10-8-14(2)9-11-15/h4-12H,3,13H2,1-2H3. The van der Waals surface area contributed by atoms with E-state index >= 15 is 0 Å². The summed E-state index contributed by atoms with van der Waals surface area (Å²) in [6.45, 7) is 4.07.